The van der Waals surface area contributed by atoms with E-state index in [1.54, 1.807) is 43.5 Å². The number of methoxy groups -OCH3 is 1. The third kappa shape index (κ3) is 6.50. The van der Waals surface area contributed by atoms with Gasteiger partial charge in [0.1, 0.15) is 29.6 Å². The third-order valence-corrected chi connectivity index (χ3v) is 4.30. The van der Waals surface area contributed by atoms with Crippen LogP contribution in [0.4, 0.5) is 0 Å². The van der Waals surface area contributed by atoms with Gasteiger partial charge >= 0.3 is 0 Å². The quantitative estimate of drug-likeness (QED) is 0.516. The molecule has 31 heavy (non-hydrogen) atoms. The molecule has 2 aromatic carbocycles. The van der Waals surface area contributed by atoms with Crippen LogP contribution in [0, 0.1) is 0 Å². The van der Waals surface area contributed by atoms with E-state index in [2.05, 4.69) is 10.6 Å². The molecule has 0 saturated heterocycles. The van der Waals surface area contributed by atoms with Crippen LogP contribution < -0.4 is 20.1 Å². The maximum absolute atomic E-state index is 12.8. The Bertz CT molecular complexity index is 1010. The maximum atomic E-state index is 12.8. The third-order valence-electron chi connectivity index (χ3n) is 4.30. The summed E-state index contributed by atoms with van der Waals surface area (Å²) in [5.41, 5.74) is 0.446. The van der Waals surface area contributed by atoms with Gasteiger partial charge in [0, 0.05) is 11.6 Å². The summed E-state index contributed by atoms with van der Waals surface area (Å²) in [6.07, 6.45) is 2.96. The first kappa shape index (κ1) is 21.7. The van der Waals surface area contributed by atoms with Crippen LogP contribution in [0.3, 0.4) is 0 Å². The molecule has 160 valence electrons. The number of benzene rings is 2. The molecule has 3 aromatic rings. The van der Waals surface area contributed by atoms with Crippen LogP contribution in [0.1, 0.15) is 23.0 Å². The van der Waals surface area contributed by atoms with Crippen LogP contribution in [-0.4, -0.2) is 31.6 Å². The molecule has 0 aliphatic rings. The van der Waals surface area contributed by atoms with Crippen molar-refractivity contribution in [2.45, 2.75) is 13.0 Å². The van der Waals surface area contributed by atoms with Crippen LogP contribution in [0.25, 0.3) is 6.08 Å². The zero-order chi connectivity index (χ0) is 22.1. The van der Waals surface area contributed by atoms with Crippen molar-refractivity contribution in [3.05, 3.63) is 90.0 Å². The molecule has 3 rings (SSSR count). The molecule has 0 spiro atoms. The molecule has 7 heteroatoms. The molecule has 2 N–H and O–H groups in total. The first-order valence-corrected chi connectivity index (χ1v) is 9.74. The molecule has 1 aromatic heterocycles. The standard InChI is InChI=1S/C24H24N2O5/c1-17(16-31-20-7-4-3-5-8-20)25-24(28)22(15-21-9-6-14-30-21)26-23(27)18-10-12-19(29-2)13-11-18/h3-15,17H,16H2,1-2H3,(H,25,28)(H,26,27)/b22-15-/t17-/m1/s1. The van der Waals surface area contributed by atoms with Crippen molar-refractivity contribution >= 4 is 17.9 Å². The molecule has 0 saturated carbocycles. The Balaban J connectivity index is 1.67. The Morgan fingerprint density at radius 2 is 1.74 bits per heavy atom. The number of furan rings is 1. The molecule has 0 unspecified atom stereocenters. The first-order valence-electron chi connectivity index (χ1n) is 9.74. The minimum atomic E-state index is -0.456. The molecule has 1 atom stereocenters. The number of hydrogen-bond donors (Lipinski definition) is 2. The smallest absolute Gasteiger partial charge is 0.268 e. The number of nitrogens with one attached hydrogen (secondary N) is 2. The molecule has 0 aliphatic heterocycles. The number of ether oxygens (including phenoxy) is 2. The monoisotopic (exact) mass is 420 g/mol. The molecule has 0 fully saturated rings. The summed E-state index contributed by atoms with van der Waals surface area (Å²) in [4.78, 5) is 25.5. The second-order valence-electron chi connectivity index (χ2n) is 6.75. The van der Waals surface area contributed by atoms with Gasteiger partial charge in [-0.05, 0) is 55.5 Å². The second kappa shape index (κ2) is 10.7. The fourth-order valence-corrected chi connectivity index (χ4v) is 2.69. The van der Waals surface area contributed by atoms with Gasteiger partial charge in [-0.25, -0.2) is 0 Å². The Labute approximate surface area is 180 Å². The largest absolute Gasteiger partial charge is 0.497 e. The molecule has 2 amide bonds. The van der Waals surface area contributed by atoms with Gasteiger partial charge in [-0.2, -0.15) is 0 Å². The summed E-state index contributed by atoms with van der Waals surface area (Å²) in [6.45, 7) is 2.09. The predicted molar refractivity (Wildman–Crippen MR) is 117 cm³/mol. The average Bonchev–Trinajstić information content (AvgIpc) is 3.31. The van der Waals surface area contributed by atoms with Crippen LogP contribution in [0.2, 0.25) is 0 Å². The van der Waals surface area contributed by atoms with Crippen LogP contribution in [-0.2, 0) is 4.79 Å². The maximum Gasteiger partial charge on any atom is 0.268 e. The summed E-state index contributed by atoms with van der Waals surface area (Å²) in [7, 11) is 1.55. The summed E-state index contributed by atoms with van der Waals surface area (Å²) >= 11 is 0. The Hall–Kier alpha value is -4.00. The molecule has 0 bridgehead atoms. The van der Waals surface area contributed by atoms with Crippen LogP contribution in [0.15, 0.2) is 83.1 Å². The molecule has 7 nitrogen and oxygen atoms in total. The van der Waals surface area contributed by atoms with E-state index in [9.17, 15) is 9.59 Å². The summed E-state index contributed by atoms with van der Waals surface area (Å²) < 4.78 is 16.1. The van der Waals surface area contributed by atoms with Crippen molar-refractivity contribution in [3.63, 3.8) is 0 Å². The van der Waals surface area contributed by atoms with E-state index in [1.165, 1.54) is 12.3 Å². The zero-order valence-corrected chi connectivity index (χ0v) is 17.3. The Kier molecular flexibility index (Phi) is 7.48. The number of rotatable bonds is 9. The number of carbonyl (C=O) groups is 2. The fraction of sp³-hybridized carbons (Fsp3) is 0.167. The van der Waals surface area contributed by atoms with Gasteiger partial charge in [-0.3, -0.25) is 9.59 Å². The van der Waals surface area contributed by atoms with E-state index >= 15 is 0 Å². The highest BCUT2D eigenvalue weighted by molar-refractivity contribution is 6.05. The van der Waals surface area contributed by atoms with Gasteiger partial charge < -0.3 is 24.5 Å². The summed E-state index contributed by atoms with van der Waals surface area (Å²) in [5.74, 6) is 0.898. The van der Waals surface area contributed by atoms with E-state index in [0.29, 0.717) is 22.8 Å². The van der Waals surface area contributed by atoms with Crippen molar-refractivity contribution in [1.29, 1.82) is 0 Å². The minimum Gasteiger partial charge on any atom is -0.497 e. The van der Waals surface area contributed by atoms with Crippen molar-refractivity contribution in [2.75, 3.05) is 13.7 Å². The Morgan fingerprint density at radius 1 is 1.00 bits per heavy atom. The van der Waals surface area contributed by atoms with E-state index in [-0.39, 0.29) is 18.3 Å². The molecule has 0 radical (unpaired) electrons. The van der Waals surface area contributed by atoms with Gasteiger partial charge in [0.15, 0.2) is 0 Å². The lowest BCUT2D eigenvalue weighted by Crippen LogP contribution is -2.41. The van der Waals surface area contributed by atoms with Gasteiger partial charge in [-0.1, -0.05) is 18.2 Å². The van der Waals surface area contributed by atoms with E-state index < -0.39 is 11.8 Å². The van der Waals surface area contributed by atoms with Crippen molar-refractivity contribution in [2.24, 2.45) is 0 Å². The molecular weight excluding hydrogens is 396 g/mol. The number of amides is 2. The van der Waals surface area contributed by atoms with E-state index in [4.69, 9.17) is 13.9 Å². The molecule has 0 aliphatic carbocycles. The van der Waals surface area contributed by atoms with Gasteiger partial charge in [0.25, 0.3) is 11.8 Å². The predicted octanol–water partition coefficient (Wildman–Crippen LogP) is 3.64. The number of hydrogen-bond acceptors (Lipinski definition) is 5. The second-order valence-corrected chi connectivity index (χ2v) is 6.75. The van der Waals surface area contributed by atoms with Crippen LogP contribution in [0.5, 0.6) is 11.5 Å². The fourth-order valence-electron chi connectivity index (χ4n) is 2.69. The zero-order valence-electron chi connectivity index (χ0n) is 17.3. The lowest BCUT2D eigenvalue weighted by molar-refractivity contribution is -0.118. The van der Waals surface area contributed by atoms with Crippen molar-refractivity contribution < 1.29 is 23.5 Å². The highest BCUT2D eigenvalue weighted by Crippen LogP contribution is 2.13. The normalized spacial score (nSPS) is 12.0. The minimum absolute atomic E-state index is 0.0577. The Morgan fingerprint density at radius 3 is 2.39 bits per heavy atom. The first-order chi connectivity index (χ1) is 15.0. The highest BCUT2D eigenvalue weighted by Gasteiger charge is 2.17. The van der Waals surface area contributed by atoms with Crippen molar-refractivity contribution in [1.82, 2.24) is 10.6 Å². The van der Waals surface area contributed by atoms with Gasteiger partial charge in [0.2, 0.25) is 0 Å². The average molecular weight is 420 g/mol. The molecular formula is C24H24N2O5. The van der Waals surface area contributed by atoms with Crippen LogP contribution >= 0.6 is 0 Å². The number of carbonyl (C=O) groups excluding carboxylic acids is 2. The summed E-state index contributed by atoms with van der Waals surface area (Å²) in [5, 5.41) is 5.49. The topological polar surface area (TPSA) is 89.8 Å². The van der Waals surface area contributed by atoms with E-state index in [1.807, 2.05) is 37.3 Å². The summed E-state index contributed by atoms with van der Waals surface area (Å²) in [6, 6.07) is 19.0. The molecule has 1 heterocycles. The van der Waals surface area contributed by atoms with Crippen molar-refractivity contribution in [3.8, 4) is 11.5 Å². The van der Waals surface area contributed by atoms with E-state index in [0.717, 1.165) is 0 Å². The van der Waals surface area contributed by atoms with Gasteiger partial charge in [-0.15, -0.1) is 0 Å². The lowest BCUT2D eigenvalue weighted by Gasteiger charge is -2.17. The SMILES string of the molecule is COc1ccc(C(=O)N/C(=C\c2ccco2)C(=O)N[C@H](C)COc2ccccc2)cc1. The van der Waals surface area contributed by atoms with Gasteiger partial charge in [0.05, 0.1) is 19.4 Å². The lowest BCUT2D eigenvalue weighted by atomic mass is 10.2. The highest BCUT2D eigenvalue weighted by atomic mass is 16.5. The number of para-hydroxylation sites is 1.